The van der Waals surface area contributed by atoms with Crippen LogP contribution in [-0.4, -0.2) is 18.8 Å². The number of unbranched alkanes of at least 4 members (excludes halogenated alkanes) is 1. The molecule has 124 valence electrons. The summed E-state index contributed by atoms with van der Waals surface area (Å²) in [5.41, 5.74) is -0.146. The van der Waals surface area contributed by atoms with Crippen molar-refractivity contribution >= 4 is 0 Å². The van der Waals surface area contributed by atoms with Gasteiger partial charge in [0, 0.05) is 0 Å². The van der Waals surface area contributed by atoms with Gasteiger partial charge in [0.2, 0.25) is 0 Å². The third-order valence-corrected chi connectivity index (χ3v) is 4.71. The van der Waals surface area contributed by atoms with Gasteiger partial charge in [-0.15, -0.1) is 0 Å². The van der Waals surface area contributed by atoms with Crippen molar-refractivity contribution in [2.75, 3.05) is 7.11 Å². The Morgan fingerprint density at radius 3 is 2.67 bits per heavy atom. The van der Waals surface area contributed by atoms with E-state index in [0.717, 1.165) is 25.2 Å². The highest BCUT2D eigenvalue weighted by Crippen LogP contribution is 2.39. The SMILES string of the molecule is CCCC[C@H](CC)C[C@]1(C)C[C@@H](CC)[C@@H](/C=C/OC)OO1. The fourth-order valence-electron chi connectivity index (χ4n) is 3.35. The second kappa shape index (κ2) is 9.47. The minimum atomic E-state index is -0.146. The number of hydrogen-bond donors (Lipinski definition) is 0. The second-order valence-corrected chi connectivity index (χ2v) is 6.65. The molecule has 0 unspecified atom stereocenters. The molecule has 3 nitrogen and oxygen atoms in total. The van der Waals surface area contributed by atoms with Crippen LogP contribution < -0.4 is 0 Å². The van der Waals surface area contributed by atoms with Gasteiger partial charge >= 0.3 is 0 Å². The van der Waals surface area contributed by atoms with Crippen LogP contribution in [0, 0.1) is 11.8 Å². The van der Waals surface area contributed by atoms with Gasteiger partial charge in [-0.25, -0.2) is 9.78 Å². The Kier molecular flexibility index (Phi) is 8.35. The normalized spacial score (nSPS) is 31.5. The lowest BCUT2D eigenvalue weighted by atomic mass is 9.79. The van der Waals surface area contributed by atoms with Gasteiger partial charge in [0.1, 0.15) is 11.7 Å². The number of hydrogen-bond acceptors (Lipinski definition) is 3. The summed E-state index contributed by atoms with van der Waals surface area (Å²) in [6.45, 7) is 8.98. The van der Waals surface area contributed by atoms with Gasteiger partial charge in [0.25, 0.3) is 0 Å². The zero-order chi connectivity index (χ0) is 15.7. The van der Waals surface area contributed by atoms with Gasteiger partial charge in [0.15, 0.2) is 0 Å². The van der Waals surface area contributed by atoms with E-state index in [0.29, 0.717) is 5.92 Å². The molecule has 0 radical (unpaired) electrons. The predicted octanol–water partition coefficient (Wildman–Crippen LogP) is 5.26. The molecule has 3 heteroatoms. The quantitative estimate of drug-likeness (QED) is 0.429. The van der Waals surface area contributed by atoms with Crippen LogP contribution in [0.5, 0.6) is 0 Å². The van der Waals surface area contributed by atoms with Crippen LogP contribution in [0.4, 0.5) is 0 Å². The van der Waals surface area contributed by atoms with Gasteiger partial charge in [0.05, 0.1) is 13.4 Å². The first-order chi connectivity index (χ1) is 10.1. The molecule has 1 saturated heterocycles. The summed E-state index contributed by atoms with van der Waals surface area (Å²) in [7, 11) is 1.66. The molecule has 1 rings (SSSR count). The molecule has 0 bridgehead atoms. The van der Waals surface area contributed by atoms with E-state index in [4.69, 9.17) is 14.5 Å². The molecule has 1 aliphatic heterocycles. The lowest BCUT2D eigenvalue weighted by molar-refractivity contribution is -0.411. The molecule has 4 atom stereocenters. The van der Waals surface area contributed by atoms with Gasteiger partial charge < -0.3 is 4.74 Å². The molecule has 21 heavy (non-hydrogen) atoms. The molecule has 0 aromatic carbocycles. The topological polar surface area (TPSA) is 27.7 Å². The maximum Gasteiger partial charge on any atom is 0.117 e. The van der Waals surface area contributed by atoms with Crippen molar-refractivity contribution in [1.29, 1.82) is 0 Å². The zero-order valence-electron chi connectivity index (χ0n) is 14.6. The maximum atomic E-state index is 5.81. The highest BCUT2D eigenvalue weighted by atomic mass is 17.2. The summed E-state index contributed by atoms with van der Waals surface area (Å²) in [6, 6.07) is 0. The summed E-state index contributed by atoms with van der Waals surface area (Å²) < 4.78 is 5.00. The Morgan fingerprint density at radius 2 is 2.10 bits per heavy atom. The number of rotatable bonds is 9. The Hall–Kier alpha value is -0.540. The van der Waals surface area contributed by atoms with Gasteiger partial charge in [-0.2, -0.15) is 0 Å². The van der Waals surface area contributed by atoms with Crippen molar-refractivity contribution in [3.63, 3.8) is 0 Å². The number of methoxy groups -OCH3 is 1. The molecule has 0 aromatic heterocycles. The Morgan fingerprint density at radius 1 is 1.33 bits per heavy atom. The lowest BCUT2D eigenvalue weighted by Crippen LogP contribution is -2.43. The fraction of sp³-hybridized carbons (Fsp3) is 0.889. The first kappa shape index (κ1) is 18.5. The molecule has 0 spiro atoms. The fourth-order valence-corrected chi connectivity index (χ4v) is 3.35. The van der Waals surface area contributed by atoms with Crippen molar-refractivity contribution in [2.45, 2.75) is 84.3 Å². The van der Waals surface area contributed by atoms with E-state index in [1.807, 2.05) is 6.08 Å². The molecular weight excluding hydrogens is 264 g/mol. The average Bonchev–Trinajstić information content (AvgIpc) is 2.50. The molecule has 1 fully saturated rings. The van der Waals surface area contributed by atoms with Crippen molar-refractivity contribution in [3.8, 4) is 0 Å². The zero-order valence-corrected chi connectivity index (χ0v) is 14.6. The molecule has 0 saturated carbocycles. The van der Waals surface area contributed by atoms with Gasteiger partial charge in [-0.3, -0.25) is 0 Å². The molecule has 0 aliphatic carbocycles. The first-order valence-corrected chi connectivity index (χ1v) is 8.62. The summed E-state index contributed by atoms with van der Waals surface area (Å²) in [5.74, 6) is 1.24. The Balaban J connectivity index is 2.60. The molecule has 1 heterocycles. The highest BCUT2D eigenvalue weighted by Gasteiger charge is 2.40. The molecular formula is C18H34O3. The number of ether oxygens (including phenoxy) is 1. The van der Waals surface area contributed by atoms with Crippen LogP contribution in [0.3, 0.4) is 0 Å². The van der Waals surface area contributed by atoms with Crippen molar-refractivity contribution < 1.29 is 14.5 Å². The molecule has 0 amide bonds. The third kappa shape index (κ3) is 5.99. The van der Waals surface area contributed by atoms with E-state index >= 15 is 0 Å². The minimum absolute atomic E-state index is 0.0127. The van der Waals surface area contributed by atoms with Gasteiger partial charge in [-0.1, -0.05) is 52.9 Å². The largest absolute Gasteiger partial charge is 0.505 e. The maximum absolute atomic E-state index is 5.81. The standard InChI is InChI=1S/C18H34O3/c1-6-9-10-15(7-2)13-18(4)14-16(8-3)17(20-21-18)11-12-19-5/h11-12,15-17H,6-10,13-14H2,1-5H3/b12-11+/t15-,16+,17+,18+/m0/s1. The van der Waals surface area contributed by atoms with Crippen LogP contribution in [-0.2, 0) is 14.5 Å². The molecule has 0 N–H and O–H groups in total. The van der Waals surface area contributed by atoms with Crippen molar-refractivity contribution in [3.05, 3.63) is 12.3 Å². The van der Waals surface area contributed by atoms with E-state index in [-0.39, 0.29) is 11.7 Å². The Labute approximate surface area is 131 Å². The highest BCUT2D eigenvalue weighted by molar-refractivity contribution is 4.94. The third-order valence-electron chi connectivity index (χ3n) is 4.71. The average molecular weight is 298 g/mol. The van der Waals surface area contributed by atoms with Crippen LogP contribution in [0.25, 0.3) is 0 Å². The Bertz CT molecular complexity index is 303. The van der Waals surface area contributed by atoms with Crippen LogP contribution in [0.15, 0.2) is 12.3 Å². The van der Waals surface area contributed by atoms with E-state index in [1.165, 1.54) is 25.7 Å². The summed E-state index contributed by atoms with van der Waals surface area (Å²) in [5, 5.41) is 0. The minimum Gasteiger partial charge on any atom is -0.505 e. The van der Waals surface area contributed by atoms with Gasteiger partial charge in [-0.05, 0) is 37.7 Å². The smallest absolute Gasteiger partial charge is 0.117 e. The second-order valence-electron chi connectivity index (χ2n) is 6.65. The van der Waals surface area contributed by atoms with Crippen LogP contribution in [0.1, 0.15) is 72.6 Å². The molecule has 1 aliphatic rings. The van der Waals surface area contributed by atoms with E-state index in [9.17, 15) is 0 Å². The van der Waals surface area contributed by atoms with Crippen LogP contribution >= 0.6 is 0 Å². The van der Waals surface area contributed by atoms with Crippen molar-refractivity contribution in [1.82, 2.24) is 0 Å². The summed E-state index contributed by atoms with van der Waals surface area (Å²) in [4.78, 5) is 11.5. The van der Waals surface area contributed by atoms with E-state index in [2.05, 4.69) is 27.7 Å². The summed E-state index contributed by atoms with van der Waals surface area (Å²) in [6.07, 6.45) is 12.0. The lowest BCUT2D eigenvalue weighted by Gasteiger charge is -2.41. The summed E-state index contributed by atoms with van der Waals surface area (Å²) >= 11 is 0. The van der Waals surface area contributed by atoms with E-state index in [1.54, 1.807) is 13.4 Å². The van der Waals surface area contributed by atoms with Crippen LogP contribution in [0.2, 0.25) is 0 Å². The van der Waals surface area contributed by atoms with Crippen molar-refractivity contribution in [2.24, 2.45) is 11.8 Å². The predicted molar refractivity (Wildman–Crippen MR) is 86.8 cm³/mol. The first-order valence-electron chi connectivity index (χ1n) is 8.62. The monoisotopic (exact) mass is 298 g/mol. The molecule has 0 aromatic rings. The van der Waals surface area contributed by atoms with E-state index < -0.39 is 0 Å².